The van der Waals surface area contributed by atoms with Crippen molar-refractivity contribution in [2.75, 3.05) is 25.2 Å². The van der Waals surface area contributed by atoms with Gasteiger partial charge in [-0.05, 0) is 64.9 Å². The van der Waals surface area contributed by atoms with Crippen LogP contribution in [0, 0.1) is 0 Å². The van der Waals surface area contributed by atoms with E-state index in [1.807, 2.05) is 0 Å². The molecule has 0 saturated heterocycles. The molecule has 0 radical (unpaired) electrons. The number of carbonyl (C=O) groups excluding carboxylic acids is 13. The second-order valence-electron chi connectivity index (χ2n) is 17.8. The Balaban J connectivity index is 6.33. The quantitative estimate of drug-likeness (QED) is 0.0154. The molecule has 0 aromatic rings. The Bertz CT molecular complexity index is 2220. The maximum Gasteiger partial charge on any atom is 0.326 e. The van der Waals surface area contributed by atoms with Gasteiger partial charge in [-0.2, -0.15) is 11.8 Å². The number of aliphatic hydroxyl groups is 3. The van der Waals surface area contributed by atoms with Gasteiger partial charge in [-0.3, -0.25) is 67.3 Å². The second kappa shape index (κ2) is 36.2. The van der Waals surface area contributed by atoms with Crippen LogP contribution in [0.4, 0.5) is 0 Å². The predicted molar refractivity (Wildman–Crippen MR) is 276 cm³/mol. The number of amides is 13. The van der Waals surface area contributed by atoms with Crippen molar-refractivity contribution in [2.45, 2.75) is 151 Å². The number of hydrogen-bond donors (Lipinski definition) is 20. The molecule has 0 saturated carbocycles. The van der Waals surface area contributed by atoms with Crippen molar-refractivity contribution in [3.8, 4) is 0 Å². The van der Waals surface area contributed by atoms with Gasteiger partial charge >= 0.3 is 5.97 Å². The van der Waals surface area contributed by atoms with E-state index < -0.39 is 194 Å². The summed E-state index contributed by atoms with van der Waals surface area (Å²) in [6, 6.07) is -17.4. The SMILES string of the molecule is CSCC[C@H](N)C(=O)N[C@@H](CCC(N)=O)C(=O)N[C@@H](CO)C(=O)N[C@H](C(=O)N[C@@H](CCC(N)=O)C(=O)N[C@@H](C)C(=O)N[C@H](C(=O)N[C@@H](CC(N)=O)C(=O)N[C@@H](CC(N)=O)C(=O)N[C@@H](CCCN=C(N)N)C(=O)O)[C@@H](C)O)[C@@H](C)O. The minimum absolute atomic E-state index is 0.0258. The summed E-state index contributed by atoms with van der Waals surface area (Å²) in [4.78, 5) is 183. The van der Waals surface area contributed by atoms with Crippen LogP contribution in [0.2, 0.25) is 0 Å². The summed E-state index contributed by atoms with van der Waals surface area (Å²) in [6.07, 6.45) is -5.62. The molecular weight excluding hydrogens is 1070 g/mol. The fourth-order valence-corrected chi connectivity index (χ4v) is 7.09. The van der Waals surface area contributed by atoms with Crippen molar-refractivity contribution in [1.82, 2.24) is 47.9 Å². The topological polar surface area (TPSA) is 623 Å². The number of aliphatic imine (C=N–C) groups is 1. The van der Waals surface area contributed by atoms with E-state index in [1.54, 1.807) is 6.26 Å². The number of nitrogens with one attached hydrogen (secondary N) is 9. The number of hydrogen-bond acceptors (Lipinski definition) is 20. The molecule has 35 nitrogen and oxygen atoms in total. The minimum atomic E-state index is -2.00. The number of aliphatic hydroxyl groups excluding tert-OH is 3. The van der Waals surface area contributed by atoms with Crippen LogP contribution in [-0.4, -0.2) is 207 Å². The number of nitrogens with two attached hydrogens (primary N) is 7. The maximum atomic E-state index is 13.6. The highest BCUT2D eigenvalue weighted by Gasteiger charge is 2.37. The van der Waals surface area contributed by atoms with Gasteiger partial charge in [0.2, 0.25) is 76.8 Å². The van der Waals surface area contributed by atoms with Gasteiger partial charge in [0.1, 0.15) is 54.4 Å². The lowest BCUT2D eigenvalue weighted by molar-refractivity contribution is -0.143. The molecule has 12 atom stereocenters. The van der Waals surface area contributed by atoms with E-state index in [0.29, 0.717) is 5.75 Å². The molecule has 0 fully saturated rings. The lowest BCUT2D eigenvalue weighted by atomic mass is 10.1. The molecule has 446 valence electrons. The van der Waals surface area contributed by atoms with Crippen molar-refractivity contribution in [3.05, 3.63) is 0 Å². The van der Waals surface area contributed by atoms with Gasteiger partial charge < -0.3 is 108 Å². The van der Waals surface area contributed by atoms with Gasteiger partial charge in [-0.1, -0.05) is 0 Å². The summed E-state index contributed by atoms with van der Waals surface area (Å²) in [5.41, 5.74) is 37.4. The lowest BCUT2D eigenvalue weighted by Crippen LogP contribution is -2.62. The third-order valence-electron chi connectivity index (χ3n) is 10.9. The van der Waals surface area contributed by atoms with Gasteiger partial charge in [-0.15, -0.1) is 0 Å². The molecule has 0 aliphatic carbocycles. The highest BCUT2D eigenvalue weighted by atomic mass is 32.2. The fourth-order valence-electron chi connectivity index (χ4n) is 6.60. The Hall–Kier alpha value is -7.96. The van der Waals surface area contributed by atoms with Crippen LogP contribution in [0.5, 0.6) is 0 Å². The molecule has 0 aromatic heterocycles. The van der Waals surface area contributed by atoms with Gasteiger partial charge in [-0.25, -0.2) is 4.79 Å². The Kier molecular flexibility index (Phi) is 32.5. The van der Waals surface area contributed by atoms with Gasteiger partial charge in [0.25, 0.3) is 0 Å². The zero-order chi connectivity index (χ0) is 60.9. The van der Waals surface area contributed by atoms with Crippen LogP contribution in [0.15, 0.2) is 4.99 Å². The van der Waals surface area contributed by atoms with Gasteiger partial charge in [0.15, 0.2) is 5.96 Å². The summed E-state index contributed by atoms with van der Waals surface area (Å²) in [5.74, 6) is -16.4. The summed E-state index contributed by atoms with van der Waals surface area (Å²) in [5, 5.41) is 60.1. The van der Waals surface area contributed by atoms with Crippen molar-refractivity contribution >= 4 is 100 Å². The Labute approximate surface area is 456 Å². The average Bonchev–Trinajstić information content (AvgIpc) is 3.34. The second-order valence-corrected chi connectivity index (χ2v) is 18.7. The molecule has 27 N–H and O–H groups in total. The summed E-state index contributed by atoms with van der Waals surface area (Å²) < 4.78 is 0. The number of thioether (sulfide) groups is 1. The van der Waals surface area contributed by atoms with E-state index in [2.05, 4.69) is 52.8 Å². The third-order valence-corrected chi connectivity index (χ3v) is 11.6. The molecular formula is C43H75N17O18S. The molecule has 79 heavy (non-hydrogen) atoms. The normalized spacial score (nSPS) is 15.4. The van der Waals surface area contributed by atoms with Crippen LogP contribution >= 0.6 is 11.8 Å². The molecule has 0 rings (SSSR count). The molecule has 13 amide bonds. The van der Waals surface area contributed by atoms with Gasteiger partial charge in [0.05, 0.1) is 37.7 Å². The largest absolute Gasteiger partial charge is 0.480 e. The number of primary amides is 4. The number of nitrogens with zero attached hydrogens (tertiary/aromatic N) is 1. The predicted octanol–water partition coefficient (Wildman–Crippen LogP) is -11.4. The van der Waals surface area contributed by atoms with Crippen LogP contribution in [0.1, 0.15) is 78.6 Å². The number of carboxylic acids is 1. The molecule has 36 heteroatoms. The van der Waals surface area contributed by atoms with Crippen LogP contribution in [-0.2, 0) is 67.1 Å². The van der Waals surface area contributed by atoms with Crippen LogP contribution in [0.3, 0.4) is 0 Å². The highest BCUT2D eigenvalue weighted by Crippen LogP contribution is 2.08. The third kappa shape index (κ3) is 28.3. The van der Waals surface area contributed by atoms with Crippen molar-refractivity contribution in [3.63, 3.8) is 0 Å². The summed E-state index contributed by atoms with van der Waals surface area (Å²) >= 11 is 1.40. The highest BCUT2D eigenvalue weighted by molar-refractivity contribution is 7.98. The van der Waals surface area contributed by atoms with E-state index >= 15 is 0 Å². The number of aliphatic carboxylic acids is 1. The first kappa shape index (κ1) is 71.0. The van der Waals surface area contributed by atoms with E-state index in [0.717, 1.165) is 20.8 Å². The van der Waals surface area contributed by atoms with E-state index in [-0.39, 0.29) is 38.2 Å². The van der Waals surface area contributed by atoms with E-state index in [4.69, 9.17) is 40.1 Å². The zero-order valence-electron chi connectivity index (χ0n) is 43.8. The first-order valence-corrected chi connectivity index (χ1v) is 25.5. The number of carbonyl (C=O) groups is 14. The maximum absolute atomic E-state index is 13.6. The summed E-state index contributed by atoms with van der Waals surface area (Å²) in [6.45, 7) is 1.92. The Morgan fingerprint density at radius 1 is 0.468 bits per heavy atom. The standard InChI is InChI=1S/C43H75N17O18S/c1-17(33(68)59-31(18(2)62)41(76)57-25(15-30(48)67)38(73)56-24(14-29(47)66)37(72)55-23(42(77)78)6-5-12-51-43(49)50)52-35(70)21(7-9-27(45)64)54-40(75)32(19(3)63)60-39(74)26(16-61)58-36(71)22(8-10-28(46)65)53-34(69)20(44)11-13-79-4/h17-26,31-32,61-63H,5-16,44H2,1-4H3,(H2,45,64)(H2,46,65)(H2,47,66)(H2,48,67)(H,52,70)(H,53,69)(H,54,75)(H,55,72)(H,56,73)(H,57,76)(H,58,71)(H,59,68)(H,60,74)(H,77,78)(H4,49,50,51)/t17-,18+,19+,20-,21-,22-,23-,24-,25-,26-,31-,32-/m0/s1. The number of carboxylic acid groups (broad SMARTS) is 1. The monoisotopic (exact) mass is 1150 g/mol. The first-order valence-electron chi connectivity index (χ1n) is 24.1. The molecule has 0 spiro atoms. The van der Waals surface area contributed by atoms with Crippen molar-refractivity contribution in [1.29, 1.82) is 0 Å². The van der Waals surface area contributed by atoms with E-state index in [1.165, 1.54) is 11.8 Å². The fraction of sp³-hybridized carbons (Fsp3) is 0.651. The first-order chi connectivity index (χ1) is 36.8. The smallest absolute Gasteiger partial charge is 0.326 e. The molecule has 0 bridgehead atoms. The van der Waals surface area contributed by atoms with Crippen molar-refractivity contribution < 1.29 is 87.5 Å². The van der Waals surface area contributed by atoms with Crippen LogP contribution in [0.25, 0.3) is 0 Å². The molecule has 0 unspecified atom stereocenters. The Morgan fingerprint density at radius 3 is 1.25 bits per heavy atom. The zero-order valence-corrected chi connectivity index (χ0v) is 44.6. The average molecular weight is 1150 g/mol. The van der Waals surface area contributed by atoms with E-state index in [9.17, 15) is 87.5 Å². The lowest BCUT2D eigenvalue weighted by Gasteiger charge is -2.28. The summed E-state index contributed by atoms with van der Waals surface area (Å²) in [7, 11) is 0. The minimum Gasteiger partial charge on any atom is -0.480 e. The van der Waals surface area contributed by atoms with Crippen LogP contribution < -0.4 is 88.0 Å². The molecule has 0 heterocycles. The van der Waals surface area contributed by atoms with Gasteiger partial charge in [0, 0.05) is 19.4 Å². The molecule has 0 aliphatic rings. The Morgan fingerprint density at radius 2 is 0.848 bits per heavy atom. The number of rotatable bonds is 39. The van der Waals surface area contributed by atoms with Crippen molar-refractivity contribution in [2.24, 2.45) is 45.1 Å². The molecule has 0 aliphatic heterocycles. The number of guanidine groups is 1. The molecule has 0 aromatic carbocycles.